The van der Waals surface area contributed by atoms with Gasteiger partial charge in [0.05, 0.1) is 5.56 Å². The van der Waals surface area contributed by atoms with Crippen molar-refractivity contribution in [1.29, 1.82) is 0 Å². The molecule has 0 spiro atoms. The summed E-state index contributed by atoms with van der Waals surface area (Å²) in [6, 6.07) is 11.6. The molecule has 0 atom stereocenters. The van der Waals surface area contributed by atoms with Crippen LogP contribution in [-0.4, -0.2) is 35.3 Å². The minimum atomic E-state index is -4.39. The topological polar surface area (TPSA) is 52.6 Å². The highest BCUT2D eigenvalue weighted by Crippen LogP contribution is 2.31. The Morgan fingerprint density at radius 2 is 1.65 bits per heavy atom. The lowest BCUT2D eigenvalue weighted by atomic mass is 9.97. The van der Waals surface area contributed by atoms with Crippen molar-refractivity contribution < 1.29 is 23.2 Å². The van der Waals surface area contributed by atoms with Crippen molar-refractivity contribution >= 4 is 5.91 Å². The van der Waals surface area contributed by atoms with Crippen molar-refractivity contribution in [1.82, 2.24) is 10.4 Å². The van der Waals surface area contributed by atoms with E-state index in [-0.39, 0.29) is 11.9 Å². The van der Waals surface area contributed by atoms with E-state index in [4.69, 9.17) is 0 Å². The van der Waals surface area contributed by atoms with Gasteiger partial charge in [0.2, 0.25) is 0 Å². The molecule has 0 aromatic heterocycles. The second-order valence-corrected chi connectivity index (χ2v) is 6.32. The molecule has 1 saturated heterocycles. The van der Waals surface area contributed by atoms with Gasteiger partial charge >= 0.3 is 6.18 Å². The van der Waals surface area contributed by atoms with Gasteiger partial charge in [-0.3, -0.25) is 4.79 Å². The van der Waals surface area contributed by atoms with E-state index in [2.05, 4.69) is 5.32 Å². The van der Waals surface area contributed by atoms with Crippen molar-refractivity contribution in [2.24, 2.45) is 0 Å². The highest BCUT2D eigenvalue weighted by Gasteiger charge is 2.30. The van der Waals surface area contributed by atoms with Gasteiger partial charge in [-0.2, -0.15) is 18.2 Å². The number of nitrogens with one attached hydrogen (secondary N) is 1. The van der Waals surface area contributed by atoms with Gasteiger partial charge in [-0.05, 0) is 42.2 Å². The average Bonchev–Trinajstić information content (AvgIpc) is 2.63. The summed E-state index contributed by atoms with van der Waals surface area (Å²) in [6.45, 7) is 0.983. The summed E-state index contributed by atoms with van der Waals surface area (Å²) in [6.07, 6.45) is -3.10. The van der Waals surface area contributed by atoms with E-state index in [0.717, 1.165) is 12.1 Å². The maximum atomic E-state index is 12.7. The Labute approximate surface area is 149 Å². The van der Waals surface area contributed by atoms with Gasteiger partial charge in [0.15, 0.2) is 0 Å². The molecule has 1 amide bonds. The molecule has 1 aliphatic heterocycles. The third-order valence-corrected chi connectivity index (χ3v) is 4.50. The number of piperidine rings is 1. The summed E-state index contributed by atoms with van der Waals surface area (Å²) in [5.41, 5.74) is 0.824. The first-order valence-corrected chi connectivity index (χ1v) is 8.36. The normalized spacial score (nSPS) is 16.5. The second kappa shape index (κ2) is 7.47. The van der Waals surface area contributed by atoms with E-state index < -0.39 is 11.7 Å². The summed E-state index contributed by atoms with van der Waals surface area (Å²) in [7, 11) is 0. The molecule has 0 saturated carbocycles. The standard InChI is InChI=1S/C19H19F3N2O2/c20-19(21,22)14-7-5-13(6-8-14)16-3-1-2-4-17(16)18(25)23-15-9-11-24(26)12-10-15/h1-8,15,26H,9-12H2,(H,23,25). The molecule has 4 nitrogen and oxygen atoms in total. The minimum absolute atomic E-state index is 0.0356. The average molecular weight is 364 g/mol. The maximum absolute atomic E-state index is 12.7. The van der Waals surface area contributed by atoms with Crippen molar-refractivity contribution in [2.45, 2.75) is 25.1 Å². The lowest BCUT2D eigenvalue weighted by Gasteiger charge is -2.28. The molecule has 7 heteroatoms. The van der Waals surface area contributed by atoms with Crippen molar-refractivity contribution in [3.63, 3.8) is 0 Å². The first-order chi connectivity index (χ1) is 12.3. The van der Waals surface area contributed by atoms with Crippen LogP contribution in [0.1, 0.15) is 28.8 Å². The van der Waals surface area contributed by atoms with Crippen LogP contribution in [0, 0.1) is 0 Å². The van der Waals surface area contributed by atoms with E-state index in [1.807, 2.05) is 0 Å². The summed E-state index contributed by atoms with van der Waals surface area (Å²) in [4.78, 5) is 12.6. The van der Waals surface area contributed by atoms with E-state index in [1.54, 1.807) is 24.3 Å². The van der Waals surface area contributed by atoms with E-state index in [0.29, 0.717) is 42.6 Å². The fraction of sp³-hybridized carbons (Fsp3) is 0.316. The first-order valence-electron chi connectivity index (χ1n) is 8.36. The molecule has 1 fully saturated rings. The van der Waals surface area contributed by atoms with Crippen LogP contribution in [0.4, 0.5) is 13.2 Å². The molecule has 2 aromatic rings. The molecule has 1 heterocycles. The van der Waals surface area contributed by atoms with Gasteiger partial charge in [-0.1, -0.05) is 30.3 Å². The number of hydrogen-bond donors (Lipinski definition) is 2. The lowest BCUT2D eigenvalue weighted by Crippen LogP contribution is -2.43. The largest absolute Gasteiger partial charge is 0.416 e. The number of amides is 1. The minimum Gasteiger partial charge on any atom is -0.349 e. The smallest absolute Gasteiger partial charge is 0.349 e. The zero-order valence-corrected chi connectivity index (χ0v) is 14.0. The van der Waals surface area contributed by atoms with Crippen molar-refractivity contribution in [2.75, 3.05) is 13.1 Å². The highest BCUT2D eigenvalue weighted by atomic mass is 19.4. The predicted octanol–water partition coefficient (Wildman–Crippen LogP) is 3.96. The molecule has 0 aliphatic carbocycles. The summed E-state index contributed by atoms with van der Waals surface area (Å²) in [5.74, 6) is -0.267. The number of alkyl halides is 3. The Bertz CT molecular complexity index is 767. The Hall–Kier alpha value is -2.38. The third-order valence-electron chi connectivity index (χ3n) is 4.50. The zero-order chi connectivity index (χ0) is 18.7. The van der Waals surface area contributed by atoms with Crippen molar-refractivity contribution in [3.8, 4) is 11.1 Å². The molecule has 0 bridgehead atoms. The SMILES string of the molecule is O=C(NC1CCN(O)CC1)c1ccccc1-c1ccc(C(F)(F)F)cc1. The Balaban J connectivity index is 1.80. The third kappa shape index (κ3) is 4.23. The molecule has 26 heavy (non-hydrogen) atoms. The molecule has 1 aliphatic rings. The van der Waals surface area contributed by atoms with Gasteiger partial charge < -0.3 is 10.5 Å². The Morgan fingerprint density at radius 1 is 1.04 bits per heavy atom. The van der Waals surface area contributed by atoms with Crippen LogP contribution in [0.25, 0.3) is 11.1 Å². The van der Waals surface area contributed by atoms with Crippen LogP contribution < -0.4 is 5.32 Å². The number of halogens is 3. The summed E-state index contributed by atoms with van der Waals surface area (Å²) >= 11 is 0. The number of hydrogen-bond acceptors (Lipinski definition) is 3. The monoisotopic (exact) mass is 364 g/mol. The highest BCUT2D eigenvalue weighted by molar-refractivity contribution is 6.01. The quantitative estimate of drug-likeness (QED) is 0.867. The maximum Gasteiger partial charge on any atom is 0.416 e. The van der Waals surface area contributed by atoms with Gasteiger partial charge in [-0.15, -0.1) is 0 Å². The number of carbonyl (C=O) groups is 1. The van der Waals surface area contributed by atoms with Crippen LogP contribution in [0.15, 0.2) is 48.5 Å². The molecule has 138 valence electrons. The van der Waals surface area contributed by atoms with Crippen LogP contribution in [0.5, 0.6) is 0 Å². The number of rotatable bonds is 3. The molecular formula is C19H19F3N2O2. The molecule has 3 rings (SSSR count). The van der Waals surface area contributed by atoms with Gasteiger partial charge in [0, 0.05) is 24.7 Å². The number of benzene rings is 2. The zero-order valence-electron chi connectivity index (χ0n) is 14.0. The number of carbonyl (C=O) groups excluding carboxylic acids is 1. The van der Waals surface area contributed by atoms with E-state index in [9.17, 15) is 23.2 Å². The fourth-order valence-electron chi connectivity index (χ4n) is 3.04. The van der Waals surface area contributed by atoms with E-state index in [1.165, 1.54) is 17.2 Å². The van der Waals surface area contributed by atoms with E-state index >= 15 is 0 Å². The van der Waals surface area contributed by atoms with Gasteiger partial charge in [-0.25, -0.2) is 0 Å². The molecule has 0 unspecified atom stereocenters. The first kappa shape index (κ1) is 18.4. The molecule has 0 radical (unpaired) electrons. The summed E-state index contributed by atoms with van der Waals surface area (Å²) < 4.78 is 38.2. The predicted molar refractivity (Wildman–Crippen MR) is 90.7 cm³/mol. The Morgan fingerprint density at radius 3 is 2.27 bits per heavy atom. The Kier molecular flexibility index (Phi) is 5.29. The molecule has 2 N–H and O–H groups in total. The van der Waals surface area contributed by atoms with Gasteiger partial charge in [0.25, 0.3) is 5.91 Å². The van der Waals surface area contributed by atoms with Crippen molar-refractivity contribution in [3.05, 3.63) is 59.7 Å². The van der Waals surface area contributed by atoms with Crippen LogP contribution in [-0.2, 0) is 6.18 Å². The number of hydroxylamine groups is 2. The molecular weight excluding hydrogens is 345 g/mol. The van der Waals surface area contributed by atoms with Crippen LogP contribution >= 0.6 is 0 Å². The molecule has 2 aromatic carbocycles. The second-order valence-electron chi connectivity index (χ2n) is 6.32. The van der Waals surface area contributed by atoms with Gasteiger partial charge in [0.1, 0.15) is 0 Å². The van der Waals surface area contributed by atoms with Crippen LogP contribution in [0.3, 0.4) is 0 Å². The summed E-state index contributed by atoms with van der Waals surface area (Å²) in [5, 5.41) is 13.6. The number of nitrogens with zero attached hydrogens (tertiary/aromatic N) is 1. The van der Waals surface area contributed by atoms with Crippen LogP contribution in [0.2, 0.25) is 0 Å². The fourth-order valence-corrected chi connectivity index (χ4v) is 3.04. The lowest BCUT2D eigenvalue weighted by molar-refractivity contribution is -0.137.